The minimum absolute atomic E-state index is 0. The van der Waals surface area contributed by atoms with Gasteiger partial charge in [-0.3, -0.25) is 9.36 Å². The van der Waals surface area contributed by atoms with Gasteiger partial charge in [0.05, 0.1) is 13.0 Å². The molecule has 0 amide bonds. The molecule has 0 aliphatic heterocycles. The molecule has 0 saturated heterocycles. The molecule has 0 aromatic carbocycles. The summed E-state index contributed by atoms with van der Waals surface area (Å²) in [6.07, 6.45) is 8.60. The van der Waals surface area contributed by atoms with Crippen molar-refractivity contribution in [1.82, 2.24) is 0 Å². The van der Waals surface area contributed by atoms with Crippen LogP contribution in [0.25, 0.3) is 0 Å². The molecule has 0 spiro atoms. The third kappa shape index (κ3) is 9.51. The van der Waals surface area contributed by atoms with Gasteiger partial charge in [0.1, 0.15) is 6.23 Å². The van der Waals surface area contributed by atoms with Gasteiger partial charge in [-0.15, -0.1) is 12.4 Å². The average molecular weight is 368 g/mol. The number of carbonyl (C=O) groups excluding carboxylic acids is 1. The maximum absolute atomic E-state index is 12.2. The van der Waals surface area contributed by atoms with Crippen molar-refractivity contribution in [2.75, 3.05) is 13.3 Å². The third-order valence-corrected chi connectivity index (χ3v) is 5.32. The summed E-state index contributed by atoms with van der Waals surface area (Å²) in [7, 11) is -0.973. The van der Waals surface area contributed by atoms with Gasteiger partial charge in [-0.1, -0.05) is 26.0 Å². The molecule has 2 N–H and O–H groups in total. The van der Waals surface area contributed by atoms with Gasteiger partial charge in [-0.25, -0.2) is 0 Å². The zero-order valence-electron chi connectivity index (χ0n) is 14.3. The number of methoxy groups -OCH3 is 1. The van der Waals surface area contributed by atoms with E-state index in [-0.39, 0.29) is 30.5 Å². The molecular weight excluding hydrogens is 337 g/mol. The van der Waals surface area contributed by atoms with Crippen LogP contribution in [-0.2, 0) is 18.6 Å². The first-order valence-corrected chi connectivity index (χ1v) is 9.62. The van der Waals surface area contributed by atoms with Crippen LogP contribution in [-0.4, -0.2) is 25.5 Å². The second-order valence-corrected chi connectivity index (χ2v) is 7.86. The minimum Gasteiger partial charge on any atom is -0.469 e. The zero-order chi connectivity index (χ0) is 16.5. The molecule has 0 saturated carbocycles. The summed E-state index contributed by atoms with van der Waals surface area (Å²) >= 11 is 0. The molecule has 23 heavy (non-hydrogen) atoms. The highest BCUT2D eigenvalue weighted by Gasteiger charge is 2.24. The molecule has 0 fully saturated rings. The van der Waals surface area contributed by atoms with Crippen LogP contribution in [0.4, 0.5) is 0 Å². The number of hydrogen-bond acceptors (Lipinski definition) is 5. The summed E-state index contributed by atoms with van der Waals surface area (Å²) in [6.45, 7) is 4.05. The highest BCUT2D eigenvalue weighted by Crippen LogP contribution is 2.32. The summed E-state index contributed by atoms with van der Waals surface area (Å²) < 4.78 is 22.4. The van der Waals surface area contributed by atoms with Gasteiger partial charge in [-0.05, 0) is 43.9 Å². The fourth-order valence-electron chi connectivity index (χ4n) is 2.86. The van der Waals surface area contributed by atoms with Gasteiger partial charge < -0.3 is 15.0 Å². The molecule has 0 aromatic rings. The normalized spacial score (nSPS) is 21.3. The molecule has 0 aromatic heterocycles. The van der Waals surface area contributed by atoms with E-state index in [2.05, 4.69) is 12.2 Å². The van der Waals surface area contributed by atoms with Crippen LogP contribution in [0.5, 0.6) is 0 Å². The van der Waals surface area contributed by atoms with Crippen LogP contribution in [0.2, 0.25) is 0 Å². The monoisotopic (exact) mass is 367 g/mol. The van der Waals surface area contributed by atoms with Gasteiger partial charge in [0.25, 0.3) is 0 Å². The van der Waals surface area contributed by atoms with E-state index < -0.39 is 14.3 Å². The average Bonchev–Trinajstić information content (AvgIpc) is 2.46. The highest BCUT2D eigenvalue weighted by molar-refractivity contribution is 7.39. The van der Waals surface area contributed by atoms with E-state index in [1.807, 2.05) is 13.8 Å². The van der Waals surface area contributed by atoms with Crippen molar-refractivity contribution in [3.8, 4) is 0 Å². The third-order valence-electron chi connectivity index (χ3n) is 3.93. The molecular formula is C16H31ClNO4P. The van der Waals surface area contributed by atoms with Gasteiger partial charge >= 0.3 is 5.97 Å². The van der Waals surface area contributed by atoms with E-state index in [0.29, 0.717) is 24.7 Å². The molecule has 0 bridgehead atoms. The van der Waals surface area contributed by atoms with Crippen molar-refractivity contribution in [3.05, 3.63) is 12.2 Å². The van der Waals surface area contributed by atoms with E-state index in [1.165, 1.54) is 7.11 Å². The van der Waals surface area contributed by atoms with Crippen molar-refractivity contribution in [1.29, 1.82) is 0 Å². The second-order valence-electron chi connectivity index (χ2n) is 6.47. The molecule has 1 aliphatic carbocycles. The Morgan fingerprint density at radius 3 is 2.61 bits per heavy atom. The maximum Gasteiger partial charge on any atom is 0.309 e. The fourth-order valence-corrected chi connectivity index (χ4v) is 4.13. The molecule has 136 valence electrons. The summed E-state index contributed by atoms with van der Waals surface area (Å²) in [6, 6.07) is 0. The van der Waals surface area contributed by atoms with Crippen LogP contribution in [0.1, 0.15) is 46.0 Å². The first-order chi connectivity index (χ1) is 10.4. The number of ether oxygens (including phenoxy) is 1. The van der Waals surface area contributed by atoms with Crippen molar-refractivity contribution in [3.63, 3.8) is 0 Å². The second kappa shape index (κ2) is 12.1. The fraction of sp³-hybridized carbons (Fsp3) is 0.812. The predicted octanol–water partition coefficient (Wildman–Crippen LogP) is 3.77. The number of carbonyl (C=O) groups is 1. The first kappa shape index (κ1) is 22.6. The molecule has 7 heteroatoms. The van der Waals surface area contributed by atoms with Crippen molar-refractivity contribution < 1.29 is 18.6 Å². The van der Waals surface area contributed by atoms with Gasteiger partial charge in [0.2, 0.25) is 0 Å². The Hall–Kier alpha value is -0.350. The largest absolute Gasteiger partial charge is 0.469 e. The van der Waals surface area contributed by atoms with Gasteiger partial charge in [0.15, 0.2) is 8.03 Å². The topological polar surface area (TPSA) is 78.6 Å². The Bertz CT molecular complexity index is 404. The predicted molar refractivity (Wildman–Crippen MR) is 96.2 cm³/mol. The molecule has 1 aliphatic rings. The number of nitrogens with two attached hydrogens (primary N) is 1. The van der Waals surface area contributed by atoms with E-state index in [1.54, 1.807) is 0 Å². The Kier molecular flexibility index (Phi) is 11.9. The highest BCUT2D eigenvalue weighted by atomic mass is 35.5. The standard InChI is InChI=1S/C16H30NO4P.ClH/c1-12(2)9-14(16(18)20-3)11-22(19)21-15(17)10-13-7-5-4-6-8-13;/h4-5,12-15,22H,6-11,17H2,1-3H3;1H. The molecule has 5 nitrogen and oxygen atoms in total. The number of allylic oxidation sites excluding steroid dienone is 2. The van der Waals surface area contributed by atoms with Crippen LogP contribution in [0.15, 0.2) is 12.2 Å². The number of halogens is 1. The molecule has 0 radical (unpaired) electrons. The Morgan fingerprint density at radius 1 is 1.39 bits per heavy atom. The lowest BCUT2D eigenvalue weighted by atomic mass is 9.91. The number of hydrogen-bond donors (Lipinski definition) is 1. The van der Waals surface area contributed by atoms with Gasteiger partial charge in [0, 0.05) is 6.16 Å². The van der Waals surface area contributed by atoms with Crippen LogP contribution < -0.4 is 5.73 Å². The summed E-state index contributed by atoms with van der Waals surface area (Å²) in [5.74, 6) is 0.145. The quantitative estimate of drug-likeness (QED) is 0.290. The maximum atomic E-state index is 12.2. The minimum atomic E-state index is -2.33. The summed E-state index contributed by atoms with van der Waals surface area (Å²) in [5.41, 5.74) is 5.95. The lowest BCUT2D eigenvalue weighted by Crippen LogP contribution is -2.26. The van der Waals surface area contributed by atoms with Crippen molar-refractivity contribution in [2.45, 2.75) is 52.2 Å². The lowest BCUT2D eigenvalue weighted by molar-refractivity contribution is -0.145. The van der Waals surface area contributed by atoms with E-state index >= 15 is 0 Å². The smallest absolute Gasteiger partial charge is 0.309 e. The Morgan fingerprint density at radius 2 is 2.09 bits per heavy atom. The lowest BCUT2D eigenvalue weighted by Gasteiger charge is -2.22. The SMILES string of the molecule is COC(=O)C(CC(C)C)C[PH](=O)OC(N)CC1CC=CCC1.Cl. The molecule has 4 atom stereocenters. The first-order valence-electron chi connectivity index (χ1n) is 8.10. The van der Waals surface area contributed by atoms with E-state index in [9.17, 15) is 9.36 Å². The van der Waals surface area contributed by atoms with Crippen LogP contribution in [0, 0.1) is 17.8 Å². The Balaban J connectivity index is 0.00000484. The summed E-state index contributed by atoms with van der Waals surface area (Å²) in [4.78, 5) is 11.7. The number of esters is 1. The number of rotatable bonds is 9. The van der Waals surface area contributed by atoms with E-state index in [4.69, 9.17) is 15.0 Å². The molecule has 1 rings (SSSR count). The van der Waals surface area contributed by atoms with Crippen LogP contribution >= 0.6 is 20.4 Å². The van der Waals surface area contributed by atoms with E-state index in [0.717, 1.165) is 19.3 Å². The molecule has 0 heterocycles. The Labute approximate surface area is 146 Å². The van der Waals surface area contributed by atoms with Crippen molar-refractivity contribution >= 4 is 26.4 Å². The zero-order valence-corrected chi connectivity index (χ0v) is 16.1. The molecule has 4 unspecified atom stereocenters. The van der Waals surface area contributed by atoms with Crippen molar-refractivity contribution in [2.24, 2.45) is 23.5 Å². The summed E-state index contributed by atoms with van der Waals surface area (Å²) in [5, 5.41) is 0. The van der Waals surface area contributed by atoms with Crippen LogP contribution in [0.3, 0.4) is 0 Å². The van der Waals surface area contributed by atoms with Gasteiger partial charge in [-0.2, -0.15) is 0 Å².